The van der Waals surface area contributed by atoms with E-state index in [1.54, 1.807) is 7.11 Å². The molecule has 6 nitrogen and oxygen atoms in total. The number of rotatable bonds is 5. The fraction of sp³-hybridized carbons (Fsp3) is 0.333. The van der Waals surface area contributed by atoms with Gasteiger partial charge in [-0.15, -0.1) is 0 Å². The molecule has 1 heterocycles. The molecule has 0 aliphatic heterocycles. The molecule has 1 unspecified atom stereocenters. The molecule has 1 aromatic heterocycles. The van der Waals surface area contributed by atoms with Crippen molar-refractivity contribution in [2.24, 2.45) is 5.84 Å². The van der Waals surface area contributed by atoms with Crippen molar-refractivity contribution >= 4 is 0 Å². The molecule has 0 aliphatic rings. The van der Waals surface area contributed by atoms with Gasteiger partial charge in [-0.1, -0.05) is 17.7 Å². The van der Waals surface area contributed by atoms with Crippen molar-refractivity contribution in [2.75, 3.05) is 7.11 Å². The van der Waals surface area contributed by atoms with E-state index in [0.29, 0.717) is 12.2 Å². The third-order valence-corrected chi connectivity index (χ3v) is 2.82. The Hall–Kier alpha value is -1.92. The molecule has 96 valence electrons. The normalized spacial score (nSPS) is 12.4. The van der Waals surface area contributed by atoms with Gasteiger partial charge in [-0.25, -0.2) is 10.4 Å². The van der Waals surface area contributed by atoms with Gasteiger partial charge < -0.3 is 4.74 Å². The van der Waals surface area contributed by atoms with E-state index in [1.165, 1.54) is 11.9 Å². The molecule has 0 fully saturated rings. The van der Waals surface area contributed by atoms with Gasteiger partial charge in [0.15, 0.2) is 0 Å². The van der Waals surface area contributed by atoms with Crippen LogP contribution in [0.5, 0.6) is 5.75 Å². The number of nitrogens with two attached hydrogens (primary N) is 1. The van der Waals surface area contributed by atoms with Crippen LogP contribution in [0.25, 0.3) is 0 Å². The van der Waals surface area contributed by atoms with Gasteiger partial charge in [0, 0.05) is 0 Å². The quantitative estimate of drug-likeness (QED) is 0.539. The van der Waals surface area contributed by atoms with Crippen LogP contribution in [0.15, 0.2) is 24.5 Å². The molecule has 1 atom stereocenters. The molecule has 2 rings (SSSR count). The second kappa shape index (κ2) is 5.61. The first-order chi connectivity index (χ1) is 8.74. The number of hydrogen-bond donors (Lipinski definition) is 3. The third kappa shape index (κ3) is 2.66. The average molecular weight is 247 g/mol. The summed E-state index contributed by atoms with van der Waals surface area (Å²) in [6.07, 6.45) is 2.14. The van der Waals surface area contributed by atoms with Gasteiger partial charge in [-0.3, -0.25) is 10.9 Å². The average Bonchev–Trinajstić information content (AvgIpc) is 2.90. The fourth-order valence-corrected chi connectivity index (χ4v) is 1.90. The van der Waals surface area contributed by atoms with E-state index in [9.17, 15) is 0 Å². The van der Waals surface area contributed by atoms with E-state index < -0.39 is 0 Å². The minimum Gasteiger partial charge on any atom is -0.496 e. The molecule has 0 aliphatic carbocycles. The number of aryl methyl sites for hydroxylation is 1. The van der Waals surface area contributed by atoms with Gasteiger partial charge >= 0.3 is 0 Å². The molecule has 0 saturated heterocycles. The van der Waals surface area contributed by atoms with Crippen LogP contribution in [0.2, 0.25) is 0 Å². The molecule has 6 heteroatoms. The minimum absolute atomic E-state index is 0.122. The van der Waals surface area contributed by atoms with E-state index in [0.717, 1.165) is 11.3 Å². The van der Waals surface area contributed by atoms with Crippen LogP contribution in [0.1, 0.15) is 23.0 Å². The van der Waals surface area contributed by atoms with Crippen molar-refractivity contribution in [2.45, 2.75) is 19.4 Å². The smallest absolute Gasteiger partial charge is 0.143 e. The fourth-order valence-electron chi connectivity index (χ4n) is 1.90. The Morgan fingerprint density at radius 1 is 1.50 bits per heavy atom. The van der Waals surface area contributed by atoms with Crippen molar-refractivity contribution in [1.29, 1.82) is 0 Å². The lowest BCUT2D eigenvalue weighted by atomic mass is 10.0. The second-order valence-electron chi connectivity index (χ2n) is 4.11. The predicted octanol–water partition coefficient (Wildman–Crippen LogP) is 0.869. The molecule has 0 amide bonds. The summed E-state index contributed by atoms with van der Waals surface area (Å²) in [6, 6.07) is 5.93. The van der Waals surface area contributed by atoms with Gasteiger partial charge in [0.2, 0.25) is 0 Å². The zero-order valence-corrected chi connectivity index (χ0v) is 10.5. The maximum atomic E-state index is 5.56. The molecule has 0 radical (unpaired) electrons. The Kier molecular flexibility index (Phi) is 3.91. The van der Waals surface area contributed by atoms with Gasteiger partial charge in [0.25, 0.3) is 0 Å². The van der Waals surface area contributed by atoms with Crippen LogP contribution in [-0.4, -0.2) is 22.3 Å². The van der Waals surface area contributed by atoms with Gasteiger partial charge in [-0.2, -0.15) is 5.10 Å². The first-order valence-electron chi connectivity index (χ1n) is 5.69. The lowest BCUT2D eigenvalue weighted by Crippen LogP contribution is -2.30. The number of nitrogens with zero attached hydrogens (tertiary/aromatic N) is 2. The Morgan fingerprint density at radius 3 is 2.94 bits per heavy atom. The van der Waals surface area contributed by atoms with E-state index in [1.807, 2.05) is 19.1 Å². The summed E-state index contributed by atoms with van der Waals surface area (Å²) in [6.45, 7) is 2.04. The summed E-state index contributed by atoms with van der Waals surface area (Å²) < 4.78 is 5.35. The highest BCUT2D eigenvalue weighted by atomic mass is 16.5. The number of H-pyrrole nitrogens is 1. The third-order valence-electron chi connectivity index (χ3n) is 2.82. The van der Waals surface area contributed by atoms with Crippen molar-refractivity contribution in [3.05, 3.63) is 41.5 Å². The van der Waals surface area contributed by atoms with Crippen LogP contribution < -0.4 is 16.0 Å². The van der Waals surface area contributed by atoms with Crippen LogP contribution in [0, 0.1) is 6.92 Å². The van der Waals surface area contributed by atoms with Crippen LogP contribution in [-0.2, 0) is 6.42 Å². The maximum Gasteiger partial charge on any atom is 0.143 e. The second-order valence-corrected chi connectivity index (χ2v) is 4.11. The van der Waals surface area contributed by atoms with Gasteiger partial charge in [-0.05, 0) is 25.0 Å². The van der Waals surface area contributed by atoms with E-state index >= 15 is 0 Å². The highest BCUT2D eigenvalue weighted by Crippen LogP contribution is 2.24. The van der Waals surface area contributed by atoms with Crippen molar-refractivity contribution < 1.29 is 4.74 Å². The molecule has 18 heavy (non-hydrogen) atoms. The summed E-state index contributed by atoms with van der Waals surface area (Å²) in [5.74, 6) is 7.12. The molecule has 0 spiro atoms. The SMILES string of the molecule is COc1ccc(C)cc1CC(NN)c1ncn[nH]1. The highest BCUT2D eigenvalue weighted by Gasteiger charge is 2.16. The largest absolute Gasteiger partial charge is 0.496 e. The number of benzene rings is 1. The monoisotopic (exact) mass is 247 g/mol. The van der Waals surface area contributed by atoms with Gasteiger partial charge in [0.1, 0.15) is 17.9 Å². The van der Waals surface area contributed by atoms with Crippen LogP contribution in [0.3, 0.4) is 0 Å². The number of ether oxygens (including phenoxy) is 1. The van der Waals surface area contributed by atoms with E-state index in [2.05, 4.69) is 26.7 Å². The summed E-state index contributed by atoms with van der Waals surface area (Å²) in [4.78, 5) is 4.11. The molecular weight excluding hydrogens is 230 g/mol. The first kappa shape index (κ1) is 12.5. The standard InChI is InChI=1S/C12H17N5O/c1-8-3-4-11(18-2)9(5-8)6-10(16-13)12-14-7-15-17-12/h3-5,7,10,16H,6,13H2,1-2H3,(H,14,15,17). The minimum atomic E-state index is -0.122. The van der Waals surface area contributed by atoms with Crippen molar-refractivity contribution in [3.8, 4) is 5.75 Å². The predicted molar refractivity (Wildman–Crippen MR) is 67.9 cm³/mol. The highest BCUT2D eigenvalue weighted by molar-refractivity contribution is 5.37. The number of hydrazine groups is 1. The summed E-state index contributed by atoms with van der Waals surface area (Å²) in [5.41, 5.74) is 4.99. The van der Waals surface area contributed by atoms with Crippen LogP contribution in [0.4, 0.5) is 0 Å². The first-order valence-corrected chi connectivity index (χ1v) is 5.69. The lowest BCUT2D eigenvalue weighted by molar-refractivity contribution is 0.404. The summed E-state index contributed by atoms with van der Waals surface area (Å²) in [5, 5.41) is 6.65. The Morgan fingerprint density at radius 2 is 2.33 bits per heavy atom. The number of hydrogen-bond acceptors (Lipinski definition) is 5. The zero-order chi connectivity index (χ0) is 13.0. The topological polar surface area (TPSA) is 88.8 Å². The summed E-state index contributed by atoms with van der Waals surface area (Å²) in [7, 11) is 1.66. The molecule has 4 N–H and O–H groups in total. The van der Waals surface area contributed by atoms with Crippen molar-refractivity contribution in [3.63, 3.8) is 0 Å². The van der Waals surface area contributed by atoms with E-state index in [4.69, 9.17) is 10.6 Å². The maximum absolute atomic E-state index is 5.56. The Labute approximate surface area is 106 Å². The van der Waals surface area contributed by atoms with Crippen molar-refractivity contribution in [1.82, 2.24) is 20.6 Å². The Balaban J connectivity index is 2.24. The molecule has 0 saturated carbocycles. The molecular formula is C12H17N5O. The van der Waals surface area contributed by atoms with Crippen LogP contribution >= 0.6 is 0 Å². The Bertz CT molecular complexity index is 497. The summed E-state index contributed by atoms with van der Waals surface area (Å²) >= 11 is 0. The van der Waals surface area contributed by atoms with E-state index in [-0.39, 0.29) is 6.04 Å². The molecule has 2 aromatic rings. The number of methoxy groups -OCH3 is 1. The lowest BCUT2D eigenvalue weighted by Gasteiger charge is -2.15. The zero-order valence-electron chi connectivity index (χ0n) is 10.5. The number of aromatic amines is 1. The number of aromatic nitrogens is 3. The van der Waals surface area contributed by atoms with Gasteiger partial charge in [0.05, 0.1) is 13.2 Å². The molecule has 0 bridgehead atoms. The molecule has 1 aromatic carbocycles. The number of nitrogens with one attached hydrogen (secondary N) is 2.